The maximum absolute atomic E-state index is 12.4. The van der Waals surface area contributed by atoms with Gasteiger partial charge in [0.15, 0.2) is 0 Å². The molecule has 0 aliphatic heterocycles. The standard InChI is InChI=1S/C20H20N2O2/c1-14-11-19(24-3)10-9-17(14)12-18(13-21)20(23)22-15(2)16-7-5-4-6-8-16/h4-12,15H,1-3H3,(H,22,23)/b18-12+/t15-/m0/s1. The van der Waals surface area contributed by atoms with E-state index in [1.54, 1.807) is 19.3 Å². The third kappa shape index (κ3) is 4.23. The SMILES string of the molecule is COc1ccc(/C=C(\C#N)C(=O)N[C@@H](C)c2ccccc2)c(C)c1. The molecule has 0 radical (unpaired) electrons. The topological polar surface area (TPSA) is 62.1 Å². The molecule has 0 bridgehead atoms. The van der Waals surface area contributed by atoms with Gasteiger partial charge in [-0.2, -0.15) is 5.26 Å². The number of carbonyl (C=O) groups is 1. The van der Waals surface area contributed by atoms with Crippen LogP contribution in [-0.2, 0) is 4.79 Å². The fourth-order valence-corrected chi connectivity index (χ4v) is 2.34. The minimum atomic E-state index is -0.385. The second-order valence-corrected chi connectivity index (χ2v) is 5.50. The first-order valence-corrected chi connectivity index (χ1v) is 7.67. The van der Waals surface area contributed by atoms with Crippen LogP contribution in [0.4, 0.5) is 0 Å². The average Bonchev–Trinajstić information content (AvgIpc) is 2.61. The molecular weight excluding hydrogens is 300 g/mol. The molecule has 0 saturated carbocycles. The number of nitrogens with zero attached hydrogens (tertiary/aromatic N) is 1. The number of benzene rings is 2. The van der Waals surface area contributed by atoms with Gasteiger partial charge < -0.3 is 10.1 Å². The van der Waals surface area contributed by atoms with Crippen LogP contribution in [0.25, 0.3) is 6.08 Å². The van der Waals surface area contributed by atoms with Crippen molar-refractivity contribution in [3.63, 3.8) is 0 Å². The van der Waals surface area contributed by atoms with Crippen molar-refractivity contribution in [1.82, 2.24) is 5.32 Å². The van der Waals surface area contributed by atoms with Crippen LogP contribution in [0.1, 0.15) is 29.7 Å². The second-order valence-electron chi connectivity index (χ2n) is 5.50. The Morgan fingerprint density at radius 1 is 1.25 bits per heavy atom. The van der Waals surface area contributed by atoms with E-state index in [0.29, 0.717) is 0 Å². The lowest BCUT2D eigenvalue weighted by molar-refractivity contribution is -0.117. The summed E-state index contributed by atoms with van der Waals surface area (Å²) in [6, 6.07) is 16.9. The fraction of sp³-hybridized carbons (Fsp3) is 0.200. The lowest BCUT2D eigenvalue weighted by atomic mass is 10.0. The summed E-state index contributed by atoms with van der Waals surface area (Å²) in [7, 11) is 1.60. The fourth-order valence-electron chi connectivity index (χ4n) is 2.34. The Hall–Kier alpha value is -3.06. The maximum atomic E-state index is 12.4. The van der Waals surface area contributed by atoms with Crippen molar-refractivity contribution in [1.29, 1.82) is 5.26 Å². The largest absolute Gasteiger partial charge is 0.497 e. The summed E-state index contributed by atoms with van der Waals surface area (Å²) in [6.07, 6.45) is 1.60. The molecule has 4 nitrogen and oxygen atoms in total. The summed E-state index contributed by atoms with van der Waals surface area (Å²) >= 11 is 0. The summed E-state index contributed by atoms with van der Waals surface area (Å²) in [5.41, 5.74) is 2.82. The van der Waals surface area contributed by atoms with Crippen molar-refractivity contribution in [2.45, 2.75) is 19.9 Å². The van der Waals surface area contributed by atoms with E-state index >= 15 is 0 Å². The molecule has 0 spiro atoms. The molecule has 122 valence electrons. The Labute approximate surface area is 142 Å². The Balaban J connectivity index is 2.18. The molecule has 0 unspecified atom stereocenters. The first-order chi connectivity index (χ1) is 11.5. The Morgan fingerprint density at radius 3 is 2.54 bits per heavy atom. The van der Waals surface area contributed by atoms with Gasteiger partial charge in [-0.1, -0.05) is 36.4 Å². The smallest absolute Gasteiger partial charge is 0.262 e. The average molecular weight is 320 g/mol. The van der Waals surface area contributed by atoms with Crippen molar-refractivity contribution in [3.05, 3.63) is 70.8 Å². The van der Waals surface area contributed by atoms with Gasteiger partial charge in [-0.3, -0.25) is 4.79 Å². The molecule has 4 heteroatoms. The molecule has 0 aliphatic rings. The van der Waals surface area contributed by atoms with Gasteiger partial charge in [-0.25, -0.2) is 0 Å². The summed E-state index contributed by atoms with van der Waals surface area (Å²) in [5, 5.41) is 12.2. The zero-order valence-corrected chi connectivity index (χ0v) is 14.0. The molecule has 2 rings (SSSR count). The van der Waals surface area contributed by atoms with Gasteiger partial charge >= 0.3 is 0 Å². The van der Waals surface area contributed by atoms with Crippen molar-refractivity contribution >= 4 is 12.0 Å². The van der Waals surface area contributed by atoms with E-state index < -0.39 is 0 Å². The highest BCUT2D eigenvalue weighted by atomic mass is 16.5. The van der Waals surface area contributed by atoms with Crippen LogP contribution in [0.2, 0.25) is 0 Å². The molecule has 1 atom stereocenters. The quantitative estimate of drug-likeness (QED) is 0.673. The number of nitrogens with one attached hydrogen (secondary N) is 1. The second kappa shape index (κ2) is 7.98. The first kappa shape index (κ1) is 17.3. The molecule has 2 aromatic rings. The summed E-state index contributed by atoms with van der Waals surface area (Å²) in [5.74, 6) is 0.356. The van der Waals surface area contributed by atoms with Gasteiger partial charge in [0, 0.05) is 0 Å². The van der Waals surface area contributed by atoms with E-state index in [1.165, 1.54) is 0 Å². The number of hydrogen-bond donors (Lipinski definition) is 1. The molecule has 2 aromatic carbocycles. The summed E-state index contributed by atoms with van der Waals surface area (Å²) in [4.78, 5) is 12.4. The van der Waals surface area contributed by atoms with Crippen LogP contribution in [0.15, 0.2) is 54.1 Å². The minimum absolute atomic E-state index is 0.0750. The lowest BCUT2D eigenvalue weighted by Crippen LogP contribution is -2.27. The number of nitriles is 1. The highest BCUT2D eigenvalue weighted by molar-refractivity contribution is 6.02. The minimum Gasteiger partial charge on any atom is -0.497 e. The Kier molecular flexibility index (Phi) is 5.75. The Bertz CT molecular complexity index is 789. The highest BCUT2D eigenvalue weighted by Crippen LogP contribution is 2.19. The Morgan fingerprint density at radius 2 is 1.96 bits per heavy atom. The number of aryl methyl sites for hydroxylation is 1. The van der Waals surface area contributed by atoms with Crippen molar-refractivity contribution in [3.8, 4) is 11.8 Å². The molecular formula is C20H20N2O2. The highest BCUT2D eigenvalue weighted by Gasteiger charge is 2.14. The van der Waals surface area contributed by atoms with Crippen LogP contribution in [-0.4, -0.2) is 13.0 Å². The number of ether oxygens (including phenoxy) is 1. The van der Waals surface area contributed by atoms with E-state index in [2.05, 4.69) is 5.32 Å². The van der Waals surface area contributed by atoms with Crippen LogP contribution in [0, 0.1) is 18.3 Å². The predicted octanol–water partition coefficient (Wildman–Crippen LogP) is 3.79. The molecule has 0 saturated heterocycles. The zero-order valence-electron chi connectivity index (χ0n) is 14.0. The normalized spacial score (nSPS) is 12.2. The number of amides is 1. The van der Waals surface area contributed by atoms with E-state index in [-0.39, 0.29) is 17.5 Å². The van der Waals surface area contributed by atoms with Crippen LogP contribution >= 0.6 is 0 Å². The first-order valence-electron chi connectivity index (χ1n) is 7.67. The number of hydrogen-bond acceptors (Lipinski definition) is 3. The third-order valence-corrected chi connectivity index (χ3v) is 3.79. The summed E-state index contributed by atoms with van der Waals surface area (Å²) in [6.45, 7) is 3.80. The number of rotatable bonds is 5. The van der Waals surface area contributed by atoms with Gasteiger partial charge in [-0.15, -0.1) is 0 Å². The molecule has 0 fully saturated rings. The molecule has 24 heavy (non-hydrogen) atoms. The van der Waals surface area contributed by atoms with Crippen molar-refractivity contribution in [2.24, 2.45) is 0 Å². The maximum Gasteiger partial charge on any atom is 0.262 e. The molecule has 1 amide bonds. The van der Waals surface area contributed by atoms with Crippen LogP contribution < -0.4 is 10.1 Å². The zero-order chi connectivity index (χ0) is 17.5. The van der Waals surface area contributed by atoms with E-state index in [9.17, 15) is 10.1 Å². The lowest BCUT2D eigenvalue weighted by Gasteiger charge is -2.14. The molecule has 0 heterocycles. The van der Waals surface area contributed by atoms with Crippen molar-refractivity contribution < 1.29 is 9.53 Å². The molecule has 0 aromatic heterocycles. The predicted molar refractivity (Wildman–Crippen MR) is 94.3 cm³/mol. The van der Waals surface area contributed by atoms with E-state index in [0.717, 1.165) is 22.4 Å². The summed E-state index contributed by atoms with van der Waals surface area (Å²) < 4.78 is 5.17. The molecule has 0 aliphatic carbocycles. The van der Waals surface area contributed by atoms with E-state index in [1.807, 2.05) is 62.4 Å². The third-order valence-electron chi connectivity index (χ3n) is 3.79. The van der Waals surface area contributed by atoms with Crippen LogP contribution in [0.5, 0.6) is 5.75 Å². The van der Waals surface area contributed by atoms with Crippen LogP contribution in [0.3, 0.4) is 0 Å². The van der Waals surface area contributed by atoms with Gasteiger partial charge in [0.25, 0.3) is 5.91 Å². The van der Waals surface area contributed by atoms with Gasteiger partial charge in [0.05, 0.1) is 13.2 Å². The number of methoxy groups -OCH3 is 1. The van der Waals surface area contributed by atoms with Gasteiger partial charge in [-0.05, 0) is 48.7 Å². The van der Waals surface area contributed by atoms with Crippen molar-refractivity contribution in [2.75, 3.05) is 7.11 Å². The van der Waals surface area contributed by atoms with Gasteiger partial charge in [0.1, 0.15) is 17.4 Å². The number of carbonyl (C=O) groups excluding carboxylic acids is 1. The van der Waals surface area contributed by atoms with Gasteiger partial charge in [0.2, 0.25) is 0 Å². The monoisotopic (exact) mass is 320 g/mol. The van der Waals surface area contributed by atoms with E-state index in [4.69, 9.17) is 4.74 Å². The molecule has 1 N–H and O–H groups in total.